The summed E-state index contributed by atoms with van der Waals surface area (Å²) in [4.78, 5) is 4.59. The van der Waals surface area contributed by atoms with Gasteiger partial charge in [0.15, 0.2) is 5.84 Å². The van der Waals surface area contributed by atoms with Crippen molar-refractivity contribution in [3.8, 4) is 5.75 Å². The Kier molecular flexibility index (Phi) is 3.93. The molecule has 0 aliphatic heterocycles. The Bertz CT molecular complexity index is 364. The molecule has 82 valence electrons. The molecule has 0 heterocycles. The molecule has 0 aliphatic rings. The number of benzene rings is 1. The maximum atomic E-state index is 5.66. The van der Waals surface area contributed by atoms with Crippen LogP contribution in [0.4, 0.5) is 0 Å². The Morgan fingerprint density at radius 1 is 1.40 bits per heavy atom. The molecule has 1 aromatic carbocycles. The van der Waals surface area contributed by atoms with E-state index in [2.05, 4.69) is 9.99 Å². The molecule has 0 saturated heterocycles. The van der Waals surface area contributed by atoms with Gasteiger partial charge in [0.25, 0.3) is 0 Å². The number of nitrogens with zero attached hydrogens (tertiary/aromatic N) is 1. The van der Waals surface area contributed by atoms with Crippen molar-refractivity contribution in [3.05, 3.63) is 29.3 Å². The lowest BCUT2D eigenvalue weighted by atomic mass is 10.1. The second kappa shape index (κ2) is 5.21. The van der Waals surface area contributed by atoms with E-state index in [1.165, 1.54) is 7.11 Å². The molecule has 0 atom stereocenters. The third kappa shape index (κ3) is 2.60. The van der Waals surface area contributed by atoms with Crippen LogP contribution in [0.5, 0.6) is 5.75 Å². The Morgan fingerprint density at radius 3 is 2.67 bits per heavy atom. The van der Waals surface area contributed by atoms with Gasteiger partial charge < -0.3 is 21.0 Å². The van der Waals surface area contributed by atoms with Crippen LogP contribution in [0.3, 0.4) is 0 Å². The number of nitrogens with two attached hydrogens (primary N) is 2. The number of hydrogen-bond acceptors (Lipinski definition) is 4. The lowest BCUT2D eigenvalue weighted by Crippen LogP contribution is -2.14. The predicted molar refractivity (Wildman–Crippen MR) is 58.6 cm³/mol. The third-order valence-corrected chi connectivity index (χ3v) is 1.99. The highest BCUT2D eigenvalue weighted by Crippen LogP contribution is 2.19. The quantitative estimate of drug-likeness (QED) is 0.427. The van der Waals surface area contributed by atoms with Crippen molar-refractivity contribution < 1.29 is 9.57 Å². The Labute approximate surface area is 88.6 Å². The van der Waals surface area contributed by atoms with Crippen LogP contribution < -0.4 is 16.2 Å². The molecule has 0 unspecified atom stereocenters. The van der Waals surface area contributed by atoms with Crippen LogP contribution in [0.2, 0.25) is 0 Å². The van der Waals surface area contributed by atoms with Gasteiger partial charge >= 0.3 is 0 Å². The number of methoxy groups -OCH3 is 1. The van der Waals surface area contributed by atoms with Crippen molar-refractivity contribution in [1.29, 1.82) is 0 Å². The average molecular weight is 209 g/mol. The van der Waals surface area contributed by atoms with Crippen LogP contribution in [0.1, 0.15) is 11.1 Å². The number of oxime groups is 1. The Morgan fingerprint density at radius 2 is 2.13 bits per heavy atom. The lowest BCUT2D eigenvalue weighted by molar-refractivity contribution is 0.213. The molecule has 0 fully saturated rings. The maximum absolute atomic E-state index is 5.66. The van der Waals surface area contributed by atoms with E-state index >= 15 is 0 Å². The summed E-state index contributed by atoms with van der Waals surface area (Å²) in [5.41, 5.74) is 12.9. The molecule has 0 spiro atoms. The summed E-state index contributed by atoms with van der Waals surface area (Å²) in [5.74, 6) is 1.00. The number of amidine groups is 1. The van der Waals surface area contributed by atoms with Crippen LogP contribution in [-0.4, -0.2) is 20.1 Å². The Balaban J connectivity index is 3.08. The van der Waals surface area contributed by atoms with Crippen molar-refractivity contribution in [1.82, 2.24) is 0 Å². The minimum atomic E-state index is 0.305. The lowest BCUT2D eigenvalue weighted by Gasteiger charge is -2.08. The molecule has 0 saturated carbocycles. The van der Waals surface area contributed by atoms with E-state index in [1.54, 1.807) is 13.2 Å². The molecule has 0 bridgehead atoms. The number of hydrogen-bond donors (Lipinski definition) is 2. The van der Waals surface area contributed by atoms with Gasteiger partial charge in [-0.1, -0.05) is 17.3 Å². The highest BCUT2D eigenvalue weighted by molar-refractivity contribution is 5.97. The monoisotopic (exact) mass is 209 g/mol. The molecule has 15 heavy (non-hydrogen) atoms. The van der Waals surface area contributed by atoms with Crippen LogP contribution in [-0.2, 0) is 11.4 Å². The first-order valence-electron chi connectivity index (χ1n) is 4.47. The summed E-state index contributed by atoms with van der Waals surface area (Å²) in [6.45, 7) is 0.421. The molecular formula is C10H15N3O2. The molecule has 1 aromatic rings. The summed E-state index contributed by atoms with van der Waals surface area (Å²) in [7, 11) is 3.03. The van der Waals surface area contributed by atoms with E-state index in [0.717, 1.165) is 11.1 Å². The SMILES string of the molecule is CO/N=C(\N)c1ccc(CN)c(OC)c1. The number of ether oxygens (including phenoxy) is 1. The first-order chi connectivity index (χ1) is 7.22. The minimum absolute atomic E-state index is 0.305. The average Bonchev–Trinajstić information content (AvgIpc) is 2.28. The van der Waals surface area contributed by atoms with Crippen molar-refractivity contribution in [2.24, 2.45) is 16.6 Å². The molecule has 0 amide bonds. The maximum Gasteiger partial charge on any atom is 0.170 e. The zero-order chi connectivity index (χ0) is 11.3. The Hall–Kier alpha value is -1.75. The van der Waals surface area contributed by atoms with Gasteiger partial charge in [0.05, 0.1) is 7.11 Å². The summed E-state index contributed by atoms with van der Waals surface area (Å²) in [6, 6.07) is 5.45. The summed E-state index contributed by atoms with van der Waals surface area (Å²) in [5, 5.41) is 3.63. The van der Waals surface area contributed by atoms with Crippen molar-refractivity contribution in [2.45, 2.75) is 6.54 Å². The van der Waals surface area contributed by atoms with Gasteiger partial charge in [0.1, 0.15) is 12.9 Å². The van der Waals surface area contributed by atoms with E-state index in [-0.39, 0.29) is 0 Å². The highest BCUT2D eigenvalue weighted by atomic mass is 16.6. The van der Waals surface area contributed by atoms with Crippen LogP contribution in [0, 0.1) is 0 Å². The first-order valence-corrected chi connectivity index (χ1v) is 4.47. The van der Waals surface area contributed by atoms with E-state index < -0.39 is 0 Å². The smallest absolute Gasteiger partial charge is 0.170 e. The van der Waals surface area contributed by atoms with E-state index in [0.29, 0.717) is 18.1 Å². The van der Waals surface area contributed by atoms with E-state index in [4.69, 9.17) is 16.2 Å². The van der Waals surface area contributed by atoms with Crippen LogP contribution in [0.15, 0.2) is 23.4 Å². The zero-order valence-corrected chi connectivity index (χ0v) is 8.86. The first kappa shape index (κ1) is 11.3. The van der Waals surface area contributed by atoms with Crippen LogP contribution in [0.25, 0.3) is 0 Å². The molecule has 0 aromatic heterocycles. The molecule has 4 N–H and O–H groups in total. The van der Waals surface area contributed by atoms with E-state index in [9.17, 15) is 0 Å². The molecule has 5 nitrogen and oxygen atoms in total. The van der Waals surface area contributed by atoms with Gasteiger partial charge in [-0.05, 0) is 6.07 Å². The van der Waals surface area contributed by atoms with Crippen LogP contribution >= 0.6 is 0 Å². The summed E-state index contributed by atoms with van der Waals surface area (Å²) < 4.78 is 5.17. The molecule has 1 rings (SSSR count). The van der Waals surface area contributed by atoms with Gasteiger partial charge in [-0.25, -0.2) is 0 Å². The van der Waals surface area contributed by atoms with Crippen molar-refractivity contribution in [2.75, 3.05) is 14.2 Å². The third-order valence-electron chi connectivity index (χ3n) is 1.99. The molecule has 5 heteroatoms. The van der Waals surface area contributed by atoms with Gasteiger partial charge in [-0.2, -0.15) is 0 Å². The number of rotatable bonds is 4. The van der Waals surface area contributed by atoms with Gasteiger partial charge in [-0.15, -0.1) is 0 Å². The standard InChI is InChI=1S/C10H15N3O2/c1-14-9-5-7(10(12)13-15-2)3-4-8(9)6-11/h3-5H,6,11H2,1-2H3,(H2,12,13). The van der Waals surface area contributed by atoms with Gasteiger partial charge in [-0.3, -0.25) is 0 Å². The fourth-order valence-corrected chi connectivity index (χ4v) is 1.22. The zero-order valence-electron chi connectivity index (χ0n) is 8.86. The minimum Gasteiger partial charge on any atom is -0.496 e. The second-order valence-corrected chi connectivity index (χ2v) is 2.89. The van der Waals surface area contributed by atoms with Gasteiger partial charge in [0, 0.05) is 17.7 Å². The fraction of sp³-hybridized carbons (Fsp3) is 0.300. The fourth-order valence-electron chi connectivity index (χ4n) is 1.22. The summed E-state index contributed by atoms with van der Waals surface area (Å²) >= 11 is 0. The molecular weight excluding hydrogens is 194 g/mol. The second-order valence-electron chi connectivity index (χ2n) is 2.89. The normalized spacial score (nSPS) is 11.3. The summed E-state index contributed by atoms with van der Waals surface area (Å²) in [6.07, 6.45) is 0. The molecule has 0 aliphatic carbocycles. The largest absolute Gasteiger partial charge is 0.496 e. The predicted octanol–water partition coefficient (Wildman–Crippen LogP) is 0.421. The van der Waals surface area contributed by atoms with Gasteiger partial charge in [0.2, 0.25) is 0 Å². The highest BCUT2D eigenvalue weighted by Gasteiger charge is 2.05. The van der Waals surface area contributed by atoms with Crippen molar-refractivity contribution in [3.63, 3.8) is 0 Å². The molecule has 0 radical (unpaired) electrons. The van der Waals surface area contributed by atoms with E-state index in [1.807, 2.05) is 12.1 Å². The topological polar surface area (TPSA) is 82.9 Å². The van der Waals surface area contributed by atoms with Crippen molar-refractivity contribution >= 4 is 5.84 Å².